The third kappa shape index (κ3) is 5.54. The predicted octanol–water partition coefficient (Wildman–Crippen LogP) is 4.38. The van der Waals surface area contributed by atoms with E-state index in [2.05, 4.69) is 40.3 Å². The van der Waals surface area contributed by atoms with E-state index >= 15 is 0 Å². The molecule has 4 heteroatoms. The Morgan fingerprint density at radius 1 is 1.47 bits per heavy atom. The maximum Gasteiger partial charge on any atom is 0.0701 e. The van der Waals surface area contributed by atoms with E-state index in [0.717, 1.165) is 26.0 Å². The monoisotopic (exact) mass is 345 g/mol. The van der Waals surface area contributed by atoms with Gasteiger partial charge in [-0.25, -0.2) is 0 Å². The molecule has 0 aromatic carbocycles. The predicted molar refractivity (Wildman–Crippen MR) is 86.0 cm³/mol. The Bertz CT molecular complexity index is 363. The van der Waals surface area contributed by atoms with E-state index < -0.39 is 0 Å². The topological polar surface area (TPSA) is 21.3 Å². The fraction of sp³-hybridized carbons (Fsp3) is 0.733. The van der Waals surface area contributed by atoms with Gasteiger partial charge >= 0.3 is 0 Å². The highest BCUT2D eigenvalue weighted by atomic mass is 79.9. The average Bonchev–Trinajstić information content (AvgIpc) is 2.82. The Labute approximate surface area is 129 Å². The summed E-state index contributed by atoms with van der Waals surface area (Å²) in [5, 5.41) is 3.69. The molecule has 0 bridgehead atoms. The summed E-state index contributed by atoms with van der Waals surface area (Å²) in [6.45, 7) is 4.28. The summed E-state index contributed by atoms with van der Waals surface area (Å²) in [7, 11) is 0. The molecule has 1 aromatic heterocycles. The summed E-state index contributed by atoms with van der Waals surface area (Å²) in [4.78, 5) is 1.45. The summed E-state index contributed by atoms with van der Waals surface area (Å²) >= 11 is 5.39. The summed E-state index contributed by atoms with van der Waals surface area (Å²) in [5.74, 6) is 0. The lowest BCUT2D eigenvalue weighted by molar-refractivity contribution is 0.00531. The van der Waals surface area contributed by atoms with Gasteiger partial charge in [-0.2, -0.15) is 0 Å². The van der Waals surface area contributed by atoms with Gasteiger partial charge in [-0.1, -0.05) is 6.92 Å². The second-order valence-corrected chi connectivity index (χ2v) is 7.83. The van der Waals surface area contributed by atoms with Crippen LogP contribution in [0.5, 0.6) is 0 Å². The molecule has 1 fully saturated rings. The fourth-order valence-corrected chi connectivity index (χ4v) is 4.17. The number of hydrogen-bond acceptors (Lipinski definition) is 3. The third-order valence-electron chi connectivity index (χ3n) is 3.58. The zero-order valence-electron chi connectivity index (χ0n) is 11.7. The molecule has 1 N–H and O–H groups in total. The van der Waals surface area contributed by atoms with Gasteiger partial charge in [0.15, 0.2) is 0 Å². The van der Waals surface area contributed by atoms with E-state index in [9.17, 15) is 0 Å². The molecule has 2 heterocycles. The molecule has 108 valence electrons. The van der Waals surface area contributed by atoms with E-state index in [1.807, 2.05) is 11.3 Å². The standard InChI is InChI=1S/C15H24BrNOS/c1-2-8-17-12(10-13-5-3-4-9-18-13)11-14-6-7-15(16)19-14/h6-7,12-13,17H,2-5,8-11H2,1H3. The second kappa shape index (κ2) is 8.40. The molecule has 2 rings (SSSR count). The number of nitrogens with one attached hydrogen (secondary N) is 1. The van der Waals surface area contributed by atoms with Crippen molar-refractivity contribution in [3.05, 3.63) is 20.8 Å². The first-order valence-electron chi connectivity index (χ1n) is 7.37. The second-order valence-electron chi connectivity index (χ2n) is 5.29. The van der Waals surface area contributed by atoms with E-state index in [1.165, 1.54) is 34.3 Å². The lowest BCUT2D eigenvalue weighted by Gasteiger charge is -2.27. The molecule has 0 amide bonds. The maximum atomic E-state index is 5.89. The zero-order chi connectivity index (χ0) is 13.5. The maximum absolute atomic E-state index is 5.89. The van der Waals surface area contributed by atoms with Crippen LogP contribution in [0.15, 0.2) is 15.9 Å². The van der Waals surface area contributed by atoms with Gasteiger partial charge < -0.3 is 10.1 Å². The number of ether oxygens (including phenoxy) is 1. The number of thiophene rings is 1. The first-order valence-corrected chi connectivity index (χ1v) is 8.98. The van der Waals surface area contributed by atoms with Crippen molar-refractivity contribution in [3.63, 3.8) is 0 Å². The van der Waals surface area contributed by atoms with Crippen molar-refractivity contribution in [1.82, 2.24) is 5.32 Å². The molecule has 1 aliphatic heterocycles. The summed E-state index contributed by atoms with van der Waals surface area (Å²) < 4.78 is 7.11. The Morgan fingerprint density at radius 3 is 3.00 bits per heavy atom. The highest BCUT2D eigenvalue weighted by Gasteiger charge is 2.20. The van der Waals surface area contributed by atoms with E-state index in [4.69, 9.17) is 4.74 Å². The normalized spacial score (nSPS) is 21.5. The van der Waals surface area contributed by atoms with Crippen LogP contribution in [0, 0.1) is 0 Å². The van der Waals surface area contributed by atoms with Gasteiger partial charge in [-0.15, -0.1) is 11.3 Å². The van der Waals surface area contributed by atoms with Gasteiger partial charge in [-0.05, 0) is 73.1 Å². The zero-order valence-corrected chi connectivity index (χ0v) is 14.1. The van der Waals surface area contributed by atoms with Crippen molar-refractivity contribution in [1.29, 1.82) is 0 Å². The van der Waals surface area contributed by atoms with Crippen molar-refractivity contribution >= 4 is 27.3 Å². The smallest absolute Gasteiger partial charge is 0.0701 e. The van der Waals surface area contributed by atoms with Crippen molar-refractivity contribution < 1.29 is 4.74 Å². The molecule has 1 saturated heterocycles. The first-order chi connectivity index (χ1) is 9.28. The van der Waals surface area contributed by atoms with Crippen molar-refractivity contribution in [2.24, 2.45) is 0 Å². The highest BCUT2D eigenvalue weighted by molar-refractivity contribution is 9.11. The van der Waals surface area contributed by atoms with Crippen LogP contribution >= 0.6 is 27.3 Å². The summed E-state index contributed by atoms with van der Waals surface area (Å²) in [5.41, 5.74) is 0. The quantitative estimate of drug-likeness (QED) is 0.791. The van der Waals surface area contributed by atoms with Crippen molar-refractivity contribution in [2.75, 3.05) is 13.2 Å². The molecule has 2 atom stereocenters. The van der Waals surface area contributed by atoms with Crippen LogP contribution in [0.25, 0.3) is 0 Å². The molecule has 0 radical (unpaired) electrons. The molecule has 2 nitrogen and oxygen atoms in total. The van der Waals surface area contributed by atoms with Crippen LogP contribution in [-0.2, 0) is 11.2 Å². The molecule has 0 spiro atoms. The molecule has 0 saturated carbocycles. The number of rotatable bonds is 7. The van der Waals surface area contributed by atoms with Crippen LogP contribution in [0.1, 0.15) is 43.9 Å². The summed E-state index contributed by atoms with van der Waals surface area (Å²) in [6.07, 6.45) is 7.73. The van der Waals surface area contributed by atoms with Gasteiger partial charge in [0.2, 0.25) is 0 Å². The van der Waals surface area contributed by atoms with Gasteiger partial charge in [0.05, 0.1) is 9.89 Å². The van der Waals surface area contributed by atoms with Crippen LogP contribution < -0.4 is 5.32 Å². The lowest BCUT2D eigenvalue weighted by atomic mass is 9.99. The number of hydrogen-bond donors (Lipinski definition) is 1. The van der Waals surface area contributed by atoms with Crippen molar-refractivity contribution in [3.8, 4) is 0 Å². The van der Waals surface area contributed by atoms with Gasteiger partial charge in [0, 0.05) is 17.5 Å². The molecule has 1 aromatic rings. The Balaban J connectivity index is 1.86. The Morgan fingerprint density at radius 2 is 2.37 bits per heavy atom. The minimum absolute atomic E-state index is 0.464. The lowest BCUT2D eigenvalue weighted by Crippen LogP contribution is -2.36. The number of halogens is 1. The average molecular weight is 346 g/mol. The molecule has 1 aliphatic rings. The SMILES string of the molecule is CCCNC(Cc1ccc(Br)s1)CC1CCCCO1. The van der Waals surface area contributed by atoms with Gasteiger partial charge in [-0.3, -0.25) is 0 Å². The van der Waals surface area contributed by atoms with Crippen molar-refractivity contribution in [2.45, 2.75) is 57.6 Å². The third-order valence-corrected chi connectivity index (χ3v) is 5.23. The van der Waals surface area contributed by atoms with Gasteiger partial charge in [0.25, 0.3) is 0 Å². The fourth-order valence-electron chi connectivity index (χ4n) is 2.60. The Kier molecular flexibility index (Phi) is 6.85. The van der Waals surface area contributed by atoms with Crippen LogP contribution in [-0.4, -0.2) is 25.3 Å². The minimum atomic E-state index is 0.464. The Hall–Kier alpha value is 0.1000. The van der Waals surface area contributed by atoms with Crippen LogP contribution in [0.2, 0.25) is 0 Å². The minimum Gasteiger partial charge on any atom is -0.378 e. The molecular formula is C15H24BrNOS. The molecule has 2 unspecified atom stereocenters. The largest absolute Gasteiger partial charge is 0.378 e. The summed E-state index contributed by atoms with van der Waals surface area (Å²) in [6, 6.07) is 4.93. The molecule has 0 aliphatic carbocycles. The van der Waals surface area contributed by atoms with E-state index in [-0.39, 0.29) is 0 Å². The molecule has 19 heavy (non-hydrogen) atoms. The van der Waals surface area contributed by atoms with Crippen LogP contribution in [0.3, 0.4) is 0 Å². The van der Waals surface area contributed by atoms with Crippen LogP contribution in [0.4, 0.5) is 0 Å². The highest BCUT2D eigenvalue weighted by Crippen LogP contribution is 2.25. The van der Waals surface area contributed by atoms with Gasteiger partial charge in [0.1, 0.15) is 0 Å². The first kappa shape index (κ1) is 15.5. The van der Waals surface area contributed by atoms with E-state index in [1.54, 1.807) is 0 Å². The van der Waals surface area contributed by atoms with E-state index in [0.29, 0.717) is 12.1 Å². The molecular weight excluding hydrogens is 322 g/mol.